The van der Waals surface area contributed by atoms with Crippen LogP contribution in [0.25, 0.3) is 0 Å². The molecule has 4 rings (SSSR count). The number of rotatable bonds is 11. The van der Waals surface area contributed by atoms with Gasteiger partial charge in [0.2, 0.25) is 12.2 Å². The van der Waals surface area contributed by atoms with Crippen molar-refractivity contribution in [2.45, 2.75) is 55.1 Å². The third-order valence-electron chi connectivity index (χ3n) is 6.44. The molecule has 0 radical (unpaired) electrons. The number of benzene rings is 3. The summed E-state index contributed by atoms with van der Waals surface area (Å²) in [6.45, 7) is 3.33. The molecule has 3 aromatic carbocycles. The first-order valence-corrected chi connectivity index (χ1v) is 13.8. The molecule has 1 heterocycles. The van der Waals surface area contributed by atoms with Gasteiger partial charge in [0.25, 0.3) is 3.79 Å². The van der Waals surface area contributed by atoms with Crippen LogP contribution in [-0.4, -0.2) is 40.9 Å². The molecule has 208 valence electrons. The fourth-order valence-corrected chi connectivity index (χ4v) is 4.54. The van der Waals surface area contributed by atoms with E-state index in [2.05, 4.69) is 0 Å². The molecule has 6 nitrogen and oxygen atoms in total. The molecule has 1 fully saturated rings. The van der Waals surface area contributed by atoms with E-state index in [9.17, 15) is 0 Å². The Labute approximate surface area is 244 Å². The average molecular weight is 593 g/mol. The second kappa shape index (κ2) is 14.5. The molecule has 1 N–H and O–H groups in total. The predicted molar refractivity (Wildman–Crippen MR) is 153 cm³/mol. The van der Waals surface area contributed by atoms with E-state index >= 15 is 0 Å². The van der Waals surface area contributed by atoms with Gasteiger partial charge < -0.3 is 23.7 Å². The second-order valence-electron chi connectivity index (χ2n) is 9.37. The molecular formula is C30H32Cl3NO5. The summed E-state index contributed by atoms with van der Waals surface area (Å²) in [5.41, 5.74) is 3.06. The van der Waals surface area contributed by atoms with E-state index in [1.165, 1.54) is 0 Å². The fraction of sp³-hybridized carbons (Fsp3) is 0.367. The van der Waals surface area contributed by atoms with Crippen molar-refractivity contribution in [2.24, 2.45) is 5.92 Å². The molecule has 1 aliphatic rings. The lowest BCUT2D eigenvalue weighted by Gasteiger charge is -2.45. The molecular weight excluding hydrogens is 561 g/mol. The number of hydrogen-bond donors (Lipinski definition) is 1. The molecule has 0 aromatic heterocycles. The van der Waals surface area contributed by atoms with Crippen LogP contribution in [-0.2, 0) is 43.5 Å². The van der Waals surface area contributed by atoms with Crippen molar-refractivity contribution in [2.75, 3.05) is 6.61 Å². The van der Waals surface area contributed by atoms with Crippen molar-refractivity contribution in [3.63, 3.8) is 0 Å². The fourth-order valence-electron chi connectivity index (χ4n) is 4.40. The van der Waals surface area contributed by atoms with Crippen molar-refractivity contribution in [1.82, 2.24) is 0 Å². The maximum atomic E-state index is 8.17. The minimum atomic E-state index is -2.05. The first kappa shape index (κ1) is 29.8. The van der Waals surface area contributed by atoms with Crippen LogP contribution in [0.5, 0.6) is 0 Å². The highest BCUT2D eigenvalue weighted by Gasteiger charge is 2.48. The number of ether oxygens (including phenoxy) is 5. The standard InChI is InChI=1S/C30H32Cl3NO5/c1-21-26(36-18-23-13-7-3-8-14-23)25(20-35-17-22-11-5-2-6-12-22)38-28(39-29(34)30(31,32)33)27(21)37-19-24-15-9-4-10-16-24/h2-16,21,25-28,34H,17-20H2,1H3/t21-,25?,26+,27?,28-/m0/s1. The SMILES string of the molecule is C[C@@H]1C(OCc2ccccc2)[C@H](OC(=N)C(Cl)(Cl)Cl)OC(COCc2ccccc2)[C@@H]1OCc1ccccc1. The van der Waals surface area contributed by atoms with Crippen molar-refractivity contribution < 1.29 is 23.7 Å². The molecule has 0 aliphatic carbocycles. The van der Waals surface area contributed by atoms with E-state index in [4.69, 9.17) is 63.9 Å². The van der Waals surface area contributed by atoms with Crippen LogP contribution in [0.3, 0.4) is 0 Å². The molecule has 9 heteroatoms. The van der Waals surface area contributed by atoms with Crippen LogP contribution >= 0.6 is 34.8 Å². The van der Waals surface area contributed by atoms with E-state index in [1.54, 1.807) is 0 Å². The topological polar surface area (TPSA) is 70.0 Å². The Morgan fingerprint density at radius 2 is 1.21 bits per heavy atom. The highest BCUT2D eigenvalue weighted by molar-refractivity contribution is 6.76. The maximum absolute atomic E-state index is 8.17. The number of nitrogens with one attached hydrogen (secondary N) is 1. The smallest absolute Gasteiger partial charge is 0.265 e. The van der Waals surface area contributed by atoms with Crippen LogP contribution in [0.15, 0.2) is 91.0 Å². The zero-order valence-electron chi connectivity index (χ0n) is 21.6. The molecule has 39 heavy (non-hydrogen) atoms. The molecule has 0 amide bonds. The zero-order valence-corrected chi connectivity index (χ0v) is 23.8. The quantitative estimate of drug-likeness (QED) is 0.146. The minimum Gasteiger partial charge on any atom is -0.445 e. The zero-order chi connectivity index (χ0) is 27.7. The van der Waals surface area contributed by atoms with E-state index in [0.717, 1.165) is 16.7 Å². The lowest BCUT2D eigenvalue weighted by molar-refractivity contribution is -0.289. The van der Waals surface area contributed by atoms with E-state index in [-0.39, 0.29) is 12.5 Å². The summed E-state index contributed by atoms with van der Waals surface area (Å²) in [4.78, 5) is 0. The molecule has 0 spiro atoms. The Bertz CT molecular complexity index is 1150. The van der Waals surface area contributed by atoms with Gasteiger partial charge in [-0.15, -0.1) is 0 Å². The van der Waals surface area contributed by atoms with Gasteiger partial charge >= 0.3 is 0 Å². The maximum Gasteiger partial charge on any atom is 0.265 e. The van der Waals surface area contributed by atoms with Gasteiger partial charge in [-0.05, 0) is 16.7 Å². The lowest BCUT2D eigenvalue weighted by Crippen LogP contribution is -2.57. The third kappa shape index (κ3) is 8.92. The minimum absolute atomic E-state index is 0.218. The molecule has 1 aliphatic heterocycles. The summed E-state index contributed by atoms with van der Waals surface area (Å²) in [5.74, 6) is -0.768. The number of alkyl halides is 3. The Kier molecular flexibility index (Phi) is 11.1. The average Bonchev–Trinajstić information content (AvgIpc) is 2.93. The second-order valence-corrected chi connectivity index (χ2v) is 11.7. The Balaban J connectivity index is 1.53. The Morgan fingerprint density at radius 3 is 1.69 bits per heavy atom. The number of halogens is 3. The summed E-state index contributed by atoms with van der Waals surface area (Å²) in [6.07, 6.45) is -2.57. The monoisotopic (exact) mass is 591 g/mol. The van der Waals surface area contributed by atoms with Crippen molar-refractivity contribution >= 4 is 40.7 Å². The molecule has 2 unspecified atom stereocenters. The van der Waals surface area contributed by atoms with Gasteiger partial charge in [-0.2, -0.15) is 0 Å². The lowest BCUT2D eigenvalue weighted by atomic mass is 9.90. The molecule has 1 saturated heterocycles. The number of hydrogen-bond acceptors (Lipinski definition) is 6. The first-order valence-electron chi connectivity index (χ1n) is 12.7. The molecule has 0 bridgehead atoms. The predicted octanol–water partition coefficient (Wildman–Crippen LogP) is 7.10. The summed E-state index contributed by atoms with van der Waals surface area (Å²) in [5, 5.41) is 8.17. The molecule has 3 aromatic rings. The van der Waals surface area contributed by atoms with E-state index < -0.39 is 34.3 Å². The van der Waals surface area contributed by atoms with Crippen LogP contribution in [0.2, 0.25) is 0 Å². The van der Waals surface area contributed by atoms with Gasteiger partial charge in [0, 0.05) is 5.92 Å². The van der Waals surface area contributed by atoms with Crippen LogP contribution in [0.1, 0.15) is 23.6 Å². The summed E-state index contributed by atoms with van der Waals surface area (Å²) < 4.78 is 28.8. The highest BCUT2D eigenvalue weighted by atomic mass is 35.6. The first-order chi connectivity index (χ1) is 18.8. The van der Waals surface area contributed by atoms with Crippen LogP contribution in [0, 0.1) is 11.3 Å². The van der Waals surface area contributed by atoms with Gasteiger partial charge in [-0.1, -0.05) is 133 Å². The van der Waals surface area contributed by atoms with E-state index in [1.807, 2.05) is 97.9 Å². The largest absolute Gasteiger partial charge is 0.445 e. The highest BCUT2D eigenvalue weighted by Crippen LogP contribution is 2.35. The Morgan fingerprint density at radius 1 is 0.744 bits per heavy atom. The van der Waals surface area contributed by atoms with Crippen molar-refractivity contribution in [3.8, 4) is 0 Å². The summed E-state index contributed by atoms with van der Waals surface area (Å²) in [6, 6.07) is 29.6. The van der Waals surface area contributed by atoms with Gasteiger partial charge in [-0.3, -0.25) is 5.41 Å². The van der Waals surface area contributed by atoms with Gasteiger partial charge in [0.05, 0.1) is 32.5 Å². The Hall–Kier alpha value is -2.16. The summed E-state index contributed by atoms with van der Waals surface area (Å²) in [7, 11) is 0. The van der Waals surface area contributed by atoms with E-state index in [0.29, 0.717) is 19.8 Å². The van der Waals surface area contributed by atoms with Gasteiger partial charge in [-0.25, -0.2) is 0 Å². The van der Waals surface area contributed by atoms with Crippen LogP contribution < -0.4 is 0 Å². The normalized spacial score (nSPS) is 23.3. The van der Waals surface area contributed by atoms with Gasteiger partial charge in [0.15, 0.2) is 0 Å². The van der Waals surface area contributed by atoms with Crippen molar-refractivity contribution in [1.29, 1.82) is 5.41 Å². The van der Waals surface area contributed by atoms with Gasteiger partial charge in [0.1, 0.15) is 12.2 Å². The van der Waals surface area contributed by atoms with Crippen LogP contribution in [0.4, 0.5) is 0 Å². The third-order valence-corrected chi connectivity index (χ3v) is 6.95. The summed E-state index contributed by atoms with van der Waals surface area (Å²) >= 11 is 17.8. The van der Waals surface area contributed by atoms with Crippen molar-refractivity contribution in [3.05, 3.63) is 108 Å². The molecule has 0 saturated carbocycles. The molecule has 5 atom stereocenters.